The lowest BCUT2D eigenvalue weighted by Crippen LogP contribution is -2.50. The van der Waals surface area contributed by atoms with Gasteiger partial charge in [0.25, 0.3) is 0 Å². The van der Waals surface area contributed by atoms with Gasteiger partial charge in [-0.25, -0.2) is 14.6 Å². The molecule has 1 atom stereocenters. The fourth-order valence-corrected chi connectivity index (χ4v) is 2.44. The molecule has 0 unspecified atom stereocenters. The summed E-state index contributed by atoms with van der Waals surface area (Å²) < 4.78 is 12.0. The van der Waals surface area contributed by atoms with Crippen molar-refractivity contribution < 1.29 is 18.8 Å². The summed E-state index contributed by atoms with van der Waals surface area (Å²) in [5.41, 5.74) is 0. The van der Waals surface area contributed by atoms with Crippen molar-refractivity contribution >= 4 is 20.3 Å². The Morgan fingerprint density at radius 2 is 2.00 bits per heavy atom. The molecule has 7 nitrogen and oxygen atoms in total. The minimum absolute atomic E-state index is 0.0159. The summed E-state index contributed by atoms with van der Waals surface area (Å²) in [6.07, 6.45) is 4.34. The van der Waals surface area contributed by atoms with E-state index < -0.39 is 26.4 Å². The van der Waals surface area contributed by atoms with Crippen LogP contribution in [0.1, 0.15) is 20.8 Å². The van der Waals surface area contributed by atoms with Gasteiger partial charge in [-0.15, -0.1) is 0 Å². The number of ether oxygens (including phenoxy) is 1. The molecule has 0 bridgehead atoms. The molecule has 0 saturated carbocycles. The van der Waals surface area contributed by atoms with Gasteiger partial charge >= 0.3 is 12.0 Å². The monoisotopic (exact) mass is 327 g/mol. The van der Waals surface area contributed by atoms with E-state index in [0.29, 0.717) is 0 Å². The summed E-state index contributed by atoms with van der Waals surface area (Å²) >= 11 is 0. The highest BCUT2D eigenvalue weighted by atomic mass is 28.4. The zero-order valence-corrected chi connectivity index (χ0v) is 15.0. The molecule has 1 heterocycles. The summed E-state index contributed by atoms with van der Waals surface area (Å²) in [5.74, 6) is -0.535. The summed E-state index contributed by atoms with van der Waals surface area (Å²) in [6.45, 7) is 10.6. The van der Waals surface area contributed by atoms with Crippen LogP contribution < -0.4 is 5.32 Å². The van der Waals surface area contributed by atoms with Crippen molar-refractivity contribution in [3.05, 3.63) is 18.7 Å². The molecule has 0 aliphatic rings. The Hall–Kier alpha value is -1.67. The van der Waals surface area contributed by atoms with E-state index >= 15 is 0 Å². The average molecular weight is 327 g/mol. The number of nitrogens with one attached hydrogen (secondary N) is 1. The van der Waals surface area contributed by atoms with E-state index in [1.165, 1.54) is 30.4 Å². The highest BCUT2D eigenvalue weighted by Gasteiger charge is 2.38. The Balaban J connectivity index is 2.74. The smallest absolute Gasteiger partial charge is 0.330 e. The van der Waals surface area contributed by atoms with Crippen LogP contribution in [0.2, 0.25) is 18.1 Å². The number of hydrogen-bond acceptors (Lipinski definition) is 5. The number of aromatic nitrogens is 2. The summed E-state index contributed by atoms with van der Waals surface area (Å²) in [4.78, 5) is 27.7. The second-order valence-electron chi connectivity index (χ2n) is 6.57. The van der Waals surface area contributed by atoms with Gasteiger partial charge in [-0.2, -0.15) is 0 Å². The van der Waals surface area contributed by atoms with Gasteiger partial charge in [-0.1, -0.05) is 20.8 Å². The minimum atomic E-state index is -2.02. The normalized spacial score (nSPS) is 13.5. The molecule has 1 amide bonds. The zero-order chi connectivity index (χ0) is 17.0. The van der Waals surface area contributed by atoms with Crippen molar-refractivity contribution in [1.82, 2.24) is 14.9 Å². The van der Waals surface area contributed by atoms with E-state index in [0.717, 1.165) is 0 Å². The van der Waals surface area contributed by atoms with Crippen LogP contribution >= 0.6 is 0 Å². The molecule has 0 fully saturated rings. The first-order valence-electron chi connectivity index (χ1n) is 7.09. The maximum absolute atomic E-state index is 12.0. The standard InChI is InChI=1S/C14H25N3O4Si/c1-14(2,3)22(5,6)21-9-11(12(18)20-4)16-13(19)17-8-7-15-10-17/h7-8,10-11H,9H2,1-6H3,(H,16,19)/t11-/m0/s1. The summed E-state index contributed by atoms with van der Waals surface area (Å²) in [5, 5.41) is 2.62. The SMILES string of the molecule is COC(=O)[C@H](CO[Si](C)(C)C(C)(C)C)NC(=O)n1ccnc1. The number of imidazole rings is 1. The molecule has 0 aliphatic heterocycles. The molecule has 0 aliphatic carbocycles. The average Bonchev–Trinajstić information content (AvgIpc) is 2.95. The third-order valence-corrected chi connectivity index (χ3v) is 8.44. The number of nitrogens with zero attached hydrogens (tertiary/aromatic N) is 2. The number of rotatable bonds is 5. The molecule has 22 heavy (non-hydrogen) atoms. The van der Waals surface area contributed by atoms with Crippen LogP contribution in [0, 0.1) is 0 Å². The van der Waals surface area contributed by atoms with E-state index in [1.54, 1.807) is 0 Å². The fraction of sp³-hybridized carbons (Fsp3) is 0.643. The maximum atomic E-state index is 12.0. The predicted octanol–water partition coefficient (Wildman–Crippen LogP) is 2.00. The van der Waals surface area contributed by atoms with Crippen LogP contribution in [0.3, 0.4) is 0 Å². The van der Waals surface area contributed by atoms with E-state index in [4.69, 9.17) is 9.16 Å². The van der Waals surface area contributed by atoms with Crippen molar-refractivity contribution in [3.8, 4) is 0 Å². The van der Waals surface area contributed by atoms with Crippen molar-refractivity contribution in [2.75, 3.05) is 13.7 Å². The molecular weight excluding hydrogens is 302 g/mol. The lowest BCUT2D eigenvalue weighted by atomic mass is 10.2. The van der Waals surface area contributed by atoms with Gasteiger partial charge in [0.05, 0.1) is 13.7 Å². The summed E-state index contributed by atoms with van der Waals surface area (Å²) in [7, 11) is -0.739. The molecule has 1 rings (SSSR count). The number of methoxy groups -OCH3 is 1. The lowest BCUT2D eigenvalue weighted by molar-refractivity contribution is -0.143. The molecule has 8 heteroatoms. The van der Waals surface area contributed by atoms with Crippen molar-refractivity contribution in [1.29, 1.82) is 0 Å². The molecule has 0 spiro atoms. The van der Waals surface area contributed by atoms with Gasteiger partial charge in [0.2, 0.25) is 0 Å². The van der Waals surface area contributed by atoms with Gasteiger partial charge in [-0.3, -0.25) is 4.57 Å². The van der Waals surface area contributed by atoms with Crippen LogP contribution in [0.5, 0.6) is 0 Å². The zero-order valence-electron chi connectivity index (χ0n) is 14.0. The third kappa shape index (κ3) is 4.67. The first-order valence-corrected chi connectivity index (χ1v) is 10.00. The van der Waals surface area contributed by atoms with Crippen molar-refractivity contribution in [2.45, 2.75) is 44.9 Å². The molecule has 1 aromatic heterocycles. The second kappa shape index (κ2) is 7.06. The topological polar surface area (TPSA) is 82.5 Å². The number of carbonyl (C=O) groups excluding carboxylic acids is 2. The molecule has 124 valence electrons. The minimum Gasteiger partial charge on any atom is -0.467 e. The molecular formula is C14H25N3O4Si. The number of esters is 1. The Kier molecular flexibility index (Phi) is 5.90. The number of amides is 1. The lowest BCUT2D eigenvalue weighted by Gasteiger charge is -2.37. The highest BCUT2D eigenvalue weighted by molar-refractivity contribution is 6.74. The Morgan fingerprint density at radius 3 is 2.45 bits per heavy atom. The van der Waals surface area contributed by atoms with Gasteiger partial charge in [-0.05, 0) is 18.1 Å². The highest BCUT2D eigenvalue weighted by Crippen LogP contribution is 2.36. The van der Waals surface area contributed by atoms with Gasteiger partial charge < -0.3 is 14.5 Å². The fourth-order valence-electron chi connectivity index (χ4n) is 1.42. The molecule has 1 N–H and O–H groups in total. The third-order valence-electron chi connectivity index (χ3n) is 3.94. The first-order chi connectivity index (χ1) is 10.1. The van der Waals surface area contributed by atoms with Crippen LogP contribution in [-0.2, 0) is 14.0 Å². The van der Waals surface area contributed by atoms with E-state index in [2.05, 4.69) is 44.2 Å². The van der Waals surface area contributed by atoms with Crippen LogP contribution in [0.4, 0.5) is 4.79 Å². The summed E-state index contributed by atoms with van der Waals surface area (Å²) in [6, 6.07) is -1.30. The van der Waals surface area contributed by atoms with Crippen molar-refractivity contribution in [3.63, 3.8) is 0 Å². The molecule has 1 aromatic rings. The number of hydrogen-bond donors (Lipinski definition) is 1. The van der Waals surface area contributed by atoms with E-state index in [1.807, 2.05) is 0 Å². The Labute approximate surface area is 132 Å². The molecule has 0 radical (unpaired) electrons. The van der Waals surface area contributed by atoms with Crippen LogP contribution in [0.15, 0.2) is 18.7 Å². The van der Waals surface area contributed by atoms with Gasteiger partial charge in [0.1, 0.15) is 6.33 Å². The maximum Gasteiger partial charge on any atom is 0.330 e. The first kappa shape index (κ1) is 18.4. The quantitative estimate of drug-likeness (QED) is 0.661. The molecule has 0 aromatic carbocycles. The Bertz CT molecular complexity index is 509. The van der Waals surface area contributed by atoms with Gasteiger partial charge in [0, 0.05) is 12.4 Å². The number of carbonyl (C=O) groups is 2. The largest absolute Gasteiger partial charge is 0.467 e. The van der Waals surface area contributed by atoms with Crippen LogP contribution in [-0.4, -0.2) is 49.6 Å². The predicted molar refractivity (Wildman–Crippen MR) is 85.1 cm³/mol. The van der Waals surface area contributed by atoms with Crippen LogP contribution in [0.25, 0.3) is 0 Å². The second-order valence-corrected chi connectivity index (χ2v) is 11.4. The Morgan fingerprint density at radius 1 is 1.36 bits per heavy atom. The molecule has 0 saturated heterocycles. The van der Waals surface area contributed by atoms with E-state index in [-0.39, 0.29) is 11.6 Å². The van der Waals surface area contributed by atoms with E-state index in [9.17, 15) is 9.59 Å². The van der Waals surface area contributed by atoms with Crippen molar-refractivity contribution in [2.24, 2.45) is 0 Å². The van der Waals surface area contributed by atoms with Gasteiger partial charge in [0.15, 0.2) is 14.4 Å².